The lowest BCUT2D eigenvalue weighted by Crippen LogP contribution is -2.14. The first-order valence-corrected chi connectivity index (χ1v) is 6.58. The third-order valence-electron chi connectivity index (χ3n) is 2.33. The molecule has 3 heteroatoms. The zero-order chi connectivity index (χ0) is 10.7. The van der Waals surface area contributed by atoms with Gasteiger partial charge in [0.25, 0.3) is 0 Å². The minimum atomic E-state index is 0.377. The first-order chi connectivity index (χ1) is 7.35. The van der Waals surface area contributed by atoms with E-state index in [1.165, 1.54) is 14.3 Å². The Labute approximate surface area is 98.1 Å². The fourth-order valence-corrected chi connectivity index (χ4v) is 3.73. The molecule has 2 heterocycles. The highest BCUT2D eigenvalue weighted by Gasteiger charge is 2.11. The van der Waals surface area contributed by atoms with Crippen LogP contribution in [0.4, 0.5) is 0 Å². The van der Waals surface area contributed by atoms with Gasteiger partial charge in [0.1, 0.15) is 0 Å². The van der Waals surface area contributed by atoms with Crippen molar-refractivity contribution in [1.82, 2.24) is 5.32 Å². The highest BCUT2D eigenvalue weighted by Crippen LogP contribution is 2.34. The number of nitrogens with one attached hydrogen (secondary N) is 1. The summed E-state index contributed by atoms with van der Waals surface area (Å²) in [5.41, 5.74) is 0. The normalized spacial score (nSPS) is 12.4. The van der Waals surface area contributed by atoms with Crippen molar-refractivity contribution in [1.29, 1.82) is 0 Å². The lowest BCUT2D eigenvalue weighted by molar-refractivity contribution is 0.622. The van der Waals surface area contributed by atoms with E-state index in [1.807, 2.05) is 25.3 Å². The van der Waals surface area contributed by atoms with Crippen molar-refractivity contribution in [3.63, 3.8) is 0 Å². The maximum absolute atomic E-state index is 3.32. The average Bonchev–Trinajstić information content (AvgIpc) is 2.79. The third kappa shape index (κ3) is 2.23. The smallest absolute Gasteiger partial charge is 0.0523 e. The minimum absolute atomic E-state index is 0.377. The Balaban J connectivity index is 2.26. The Morgan fingerprint density at radius 2 is 2.33 bits per heavy atom. The molecule has 15 heavy (non-hydrogen) atoms. The number of fused-ring (bicyclic) bond motifs is 1. The second-order valence-corrected chi connectivity index (χ2v) is 5.33. The lowest BCUT2D eigenvalue weighted by Gasteiger charge is -2.09. The SMILES string of the molecule is CC#CCC(NC)c1cc2sccc2s1. The summed E-state index contributed by atoms with van der Waals surface area (Å²) in [6, 6.07) is 4.84. The molecule has 1 atom stereocenters. The summed E-state index contributed by atoms with van der Waals surface area (Å²) >= 11 is 3.67. The van der Waals surface area contributed by atoms with Crippen molar-refractivity contribution in [2.45, 2.75) is 19.4 Å². The first kappa shape index (κ1) is 10.7. The molecule has 0 aromatic carbocycles. The molecule has 1 N–H and O–H groups in total. The van der Waals surface area contributed by atoms with E-state index in [0.29, 0.717) is 6.04 Å². The topological polar surface area (TPSA) is 12.0 Å². The second kappa shape index (κ2) is 4.80. The van der Waals surface area contributed by atoms with Gasteiger partial charge in [0.2, 0.25) is 0 Å². The molecule has 0 spiro atoms. The van der Waals surface area contributed by atoms with E-state index in [-0.39, 0.29) is 0 Å². The van der Waals surface area contributed by atoms with Gasteiger partial charge in [0, 0.05) is 20.7 Å². The zero-order valence-electron chi connectivity index (χ0n) is 8.83. The molecule has 2 rings (SSSR count). The van der Waals surface area contributed by atoms with Crippen LogP contribution in [0.25, 0.3) is 9.40 Å². The molecule has 0 saturated carbocycles. The molecule has 1 nitrogen and oxygen atoms in total. The van der Waals surface area contributed by atoms with E-state index in [0.717, 1.165) is 6.42 Å². The van der Waals surface area contributed by atoms with Crippen LogP contribution in [-0.2, 0) is 0 Å². The summed E-state index contributed by atoms with van der Waals surface area (Å²) in [5.74, 6) is 6.08. The molecule has 0 amide bonds. The summed E-state index contributed by atoms with van der Waals surface area (Å²) in [6.45, 7) is 1.89. The molecule has 0 radical (unpaired) electrons. The lowest BCUT2D eigenvalue weighted by atomic mass is 10.2. The van der Waals surface area contributed by atoms with Crippen molar-refractivity contribution in [3.05, 3.63) is 22.4 Å². The molecule has 0 fully saturated rings. The summed E-state index contributed by atoms with van der Waals surface area (Å²) in [5, 5.41) is 5.46. The standard InChI is InChI=1S/C12H13NS2/c1-3-4-5-9(13-2)11-8-12-10(15-11)6-7-14-12/h6-9,13H,5H2,1-2H3. The number of thiophene rings is 2. The second-order valence-electron chi connectivity index (χ2n) is 3.27. The van der Waals surface area contributed by atoms with Crippen LogP contribution in [-0.4, -0.2) is 7.05 Å². The van der Waals surface area contributed by atoms with E-state index in [1.54, 1.807) is 11.3 Å². The molecule has 1 unspecified atom stereocenters. The van der Waals surface area contributed by atoms with Crippen LogP contribution in [0.15, 0.2) is 17.5 Å². The average molecular weight is 235 g/mol. The molecular formula is C12H13NS2. The fraction of sp³-hybridized carbons (Fsp3) is 0.333. The van der Waals surface area contributed by atoms with E-state index < -0.39 is 0 Å². The largest absolute Gasteiger partial charge is 0.312 e. The van der Waals surface area contributed by atoms with Gasteiger partial charge in [-0.1, -0.05) is 0 Å². The van der Waals surface area contributed by atoms with Crippen molar-refractivity contribution in [2.75, 3.05) is 7.05 Å². The van der Waals surface area contributed by atoms with E-state index in [2.05, 4.69) is 34.7 Å². The predicted molar refractivity (Wildman–Crippen MR) is 69.6 cm³/mol. The van der Waals surface area contributed by atoms with Crippen molar-refractivity contribution < 1.29 is 0 Å². The van der Waals surface area contributed by atoms with Gasteiger partial charge in [0.05, 0.1) is 6.04 Å². The van der Waals surface area contributed by atoms with Gasteiger partial charge in [0.15, 0.2) is 0 Å². The van der Waals surface area contributed by atoms with Gasteiger partial charge < -0.3 is 5.32 Å². The van der Waals surface area contributed by atoms with Gasteiger partial charge >= 0.3 is 0 Å². The maximum Gasteiger partial charge on any atom is 0.0523 e. The van der Waals surface area contributed by atoms with Crippen LogP contribution in [0.1, 0.15) is 24.3 Å². The predicted octanol–water partition coefficient (Wildman–Crippen LogP) is 3.64. The Morgan fingerprint density at radius 1 is 1.47 bits per heavy atom. The Morgan fingerprint density at radius 3 is 3.00 bits per heavy atom. The van der Waals surface area contributed by atoms with Crippen LogP contribution in [0.2, 0.25) is 0 Å². The Hall–Kier alpha value is -0.820. The van der Waals surface area contributed by atoms with Crippen molar-refractivity contribution in [3.8, 4) is 11.8 Å². The molecular weight excluding hydrogens is 222 g/mol. The van der Waals surface area contributed by atoms with Crippen LogP contribution in [0.5, 0.6) is 0 Å². The van der Waals surface area contributed by atoms with E-state index >= 15 is 0 Å². The van der Waals surface area contributed by atoms with Crippen LogP contribution in [0, 0.1) is 11.8 Å². The summed E-state index contributed by atoms with van der Waals surface area (Å²) in [6.07, 6.45) is 0.890. The minimum Gasteiger partial charge on any atom is -0.312 e. The molecule has 78 valence electrons. The van der Waals surface area contributed by atoms with Gasteiger partial charge in [-0.15, -0.1) is 34.5 Å². The monoisotopic (exact) mass is 235 g/mol. The molecule has 0 saturated heterocycles. The van der Waals surface area contributed by atoms with Gasteiger partial charge in [-0.2, -0.15) is 0 Å². The Bertz CT molecular complexity index is 470. The molecule has 0 aliphatic heterocycles. The van der Waals surface area contributed by atoms with Crippen LogP contribution < -0.4 is 5.32 Å². The number of rotatable bonds is 3. The molecule has 2 aromatic heterocycles. The van der Waals surface area contributed by atoms with E-state index in [9.17, 15) is 0 Å². The van der Waals surface area contributed by atoms with Gasteiger partial charge in [-0.25, -0.2) is 0 Å². The number of hydrogen-bond acceptors (Lipinski definition) is 3. The van der Waals surface area contributed by atoms with Crippen LogP contribution in [0.3, 0.4) is 0 Å². The third-order valence-corrected chi connectivity index (χ3v) is 4.54. The first-order valence-electron chi connectivity index (χ1n) is 4.89. The van der Waals surface area contributed by atoms with E-state index in [4.69, 9.17) is 0 Å². The highest BCUT2D eigenvalue weighted by atomic mass is 32.1. The molecule has 0 aliphatic carbocycles. The molecule has 0 bridgehead atoms. The van der Waals surface area contributed by atoms with Crippen LogP contribution >= 0.6 is 22.7 Å². The van der Waals surface area contributed by atoms with Gasteiger partial charge in [-0.05, 0) is 31.5 Å². The highest BCUT2D eigenvalue weighted by molar-refractivity contribution is 7.26. The fourth-order valence-electron chi connectivity index (χ4n) is 1.51. The maximum atomic E-state index is 3.32. The molecule has 2 aromatic rings. The summed E-state index contributed by atoms with van der Waals surface area (Å²) in [7, 11) is 2.00. The molecule has 0 aliphatic rings. The Kier molecular flexibility index (Phi) is 3.42. The number of hydrogen-bond donors (Lipinski definition) is 1. The summed E-state index contributed by atoms with van der Waals surface area (Å²) in [4.78, 5) is 1.39. The van der Waals surface area contributed by atoms with Crippen molar-refractivity contribution >= 4 is 32.1 Å². The summed E-state index contributed by atoms with van der Waals surface area (Å²) < 4.78 is 2.78. The van der Waals surface area contributed by atoms with Crippen molar-refractivity contribution in [2.24, 2.45) is 0 Å². The zero-order valence-corrected chi connectivity index (χ0v) is 10.5. The quantitative estimate of drug-likeness (QED) is 0.801. The van der Waals surface area contributed by atoms with Gasteiger partial charge in [-0.3, -0.25) is 0 Å².